The van der Waals surface area contributed by atoms with Crippen LogP contribution in [-0.2, 0) is 10.0 Å². The second-order valence-corrected chi connectivity index (χ2v) is 8.82. The lowest BCUT2D eigenvalue weighted by Gasteiger charge is -2.39. The number of nitrogens with zero attached hydrogens (tertiary/aromatic N) is 1. The average Bonchev–Trinajstić information content (AvgIpc) is 2.72. The van der Waals surface area contributed by atoms with E-state index in [1.807, 2.05) is 37.3 Å². The minimum Gasteiger partial charge on any atom is -0.497 e. The third-order valence-corrected chi connectivity index (χ3v) is 7.12. The highest BCUT2D eigenvalue weighted by molar-refractivity contribution is 7.92. The van der Waals surface area contributed by atoms with Gasteiger partial charge in [0.1, 0.15) is 5.75 Å². The molecule has 4 rings (SSSR count). The molecule has 1 atom stereocenters. The van der Waals surface area contributed by atoms with Crippen LogP contribution in [0.4, 0.5) is 5.69 Å². The Morgan fingerprint density at radius 1 is 0.964 bits per heavy atom. The smallest absolute Gasteiger partial charge is 0.264 e. The third kappa shape index (κ3) is 2.87. The van der Waals surface area contributed by atoms with Gasteiger partial charge in [-0.2, -0.15) is 0 Å². The Kier molecular flexibility index (Phi) is 4.63. The summed E-state index contributed by atoms with van der Waals surface area (Å²) in [7, 11) is -2.17. The zero-order chi connectivity index (χ0) is 19.9. The quantitative estimate of drug-likeness (QED) is 0.602. The maximum absolute atomic E-state index is 13.7. The van der Waals surface area contributed by atoms with Gasteiger partial charge in [0.15, 0.2) is 0 Å². The summed E-state index contributed by atoms with van der Waals surface area (Å²) in [6.07, 6.45) is 0.680. The number of para-hydroxylation sites is 1. The zero-order valence-electron chi connectivity index (χ0n) is 16.2. The molecule has 0 N–H and O–H groups in total. The van der Waals surface area contributed by atoms with Crippen LogP contribution in [-0.4, -0.2) is 15.5 Å². The van der Waals surface area contributed by atoms with Gasteiger partial charge in [-0.25, -0.2) is 8.42 Å². The van der Waals surface area contributed by atoms with Crippen LogP contribution >= 0.6 is 0 Å². The maximum Gasteiger partial charge on any atom is 0.264 e. The van der Waals surface area contributed by atoms with E-state index in [9.17, 15) is 8.42 Å². The Morgan fingerprint density at radius 3 is 2.36 bits per heavy atom. The molecule has 1 aliphatic heterocycles. The Morgan fingerprint density at radius 2 is 1.68 bits per heavy atom. The molecule has 3 aromatic carbocycles. The first-order chi connectivity index (χ1) is 13.5. The molecule has 1 unspecified atom stereocenters. The molecule has 0 amide bonds. The number of aryl methyl sites for hydroxylation is 1. The predicted molar refractivity (Wildman–Crippen MR) is 112 cm³/mol. The van der Waals surface area contributed by atoms with Crippen molar-refractivity contribution in [1.82, 2.24) is 0 Å². The summed E-state index contributed by atoms with van der Waals surface area (Å²) in [5.74, 6) is 0.630. The van der Waals surface area contributed by atoms with Crippen molar-refractivity contribution < 1.29 is 13.2 Å². The van der Waals surface area contributed by atoms with Gasteiger partial charge >= 0.3 is 0 Å². The van der Waals surface area contributed by atoms with Crippen LogP contribution in [0.15, 0.2) is 71.6 Å². The molecule has 144 valence electrons. The number of hydrogen-bond acceptors (Lipinski definition) is 3. The lowest BCUT2D eigenvalue weighted by atomic mass is 9.87. The number of sulfonamides is 1. The van der Waals surface area contributed by atoms with Crippen LogP contribution in [0.25, 0.3) is 11.1 Å². The van der Waals surface area contributed by atoms with Gasteiger partial charge in [0.2, 0.25) is 0 Å². The molecule has 0 saturated carbocycles. The molecule has 0 saturated heterocycles. The lowest BCUT2D eigenvalue weighted by molar-refractivity contribution is 0.414. The molecule has 3 aromatic rings. The molecule has 0 aromatic heterocycles. The molecule has 0 aliphatic carbocycles. The van der Waals surface area contributed by atoms with Crippen molar-refractivity contribution in [2.45, 2.75) is 31.2 Å². The van der Waals surface area contributed by atoms with Gasteiger partial charge in [-0.1, -0.05) is 48.9 Å². The summed E-state index contributed by atoms with van der Waals surface area (Å²) in [6.45, 7) is 4.09. The Balaban J connectivity index is 1.94. The number of fused-ring (bicyclic) bond motifs is 3. The number of rotatable bonds is 4. The second kappa shape index (κ2) is 6.99. The van der Waals surface area contributed by atoms with E-state index >= 15 is 0 Å². The van der Waals surface area contributed by atoms with E-state index in [-0.39, 0.29) is 10.9 Å². The van der Waals surface area contributed by atoms with Gasteiger partial charge in [0.05, 0.1) is 23.7 Å². The first kappa shape index (κ1) is 18.6. The van der Waals surface area contributed by atoms with Crippen molar-refractivity contribution in [3.63, 3.8) is 0 Å². The molecule has 0 fully saturated rings. The monoisotopic (exact) mass is 393 g/mol. The molecule has 1 aliphatic rings. The van der Waals surface area contributed by atoms with E-state index < -0.39 is 10.0 Å². The number of anilines is 1. The molecular formula is C23H23NO3S. The van der Waals surface area contributed by atoms with Gasteiger partial charge in [0.25, 0.3) is 10.0 Å². The van der Waals surface area contributed by atoms with Crippen molar-refractivity contribution in [3.05, 3.63) is 77.9 Å². The number of hydrogen-bond donors (Lipinski definition) is 0. The maximum atomic E-state index is 13.7. The van der Waals surface area contributed by atoms with Crippen molar-refractivity contribution in [1.29, 1.82) is 0 Å². The lowest BCUT2D eigenvalue weighted by Crippen LogP contribution is -2.37. The molecule has 0 bridgehead atoms. The topological polar surface area (TPSA) is 46.6 Å². The molecule has 5 heteroatoms. The van der Waals surface area contributed by atoms with Gasteiger partial charge in [0, 0.05) is 5.56 Å². The fourth-order valence-corrected chi connectivity index (χ4v) is 5.65. The molecular weight excluding hydrogens is 370 g/mol. The van der Waals surface area contributed by atoms with E-state index in [1.165, 1.54) is 0 Å². The van der Waals surface area contributed by atoms with Crippen molar-refractivity contribution in [3.8, 4) is 16.9 Å². The summed E-state index contributed by atoms with van der Waals surface area (Å²) in [6, 6.07) is 20.3. The summed E-state index contributed by atoms with van der Waals surface area (Å²) in [4.78, 5) is 0.261. The largest absolute Gasteiger partial charge is 0.497 e. The fourth-order valence-electron chi connectivity index (χ4n) is 3.93. The summed E-state index contributed by atoms with van der Waals surface area (Å²) >= 11 is 0. The van der Waals surface area contributed by atoms with Crippen molar-refractivity contribution in [2.75, 3.05) is 11.4 Å². The normalized spacial score (nSPS) is 15.7. The van der Waals surface area contributed by atoms with Gasteiger partial charge in [-0.15, -0.1) is 0 Å². The van der Waals surface area contributed by atoms with E-state index in [1.54, 1.807) is 35.7 Å². The summed E-state index contributed by atoms with van der Waals surface area (Å²) in [5.41, 5.74) is 4.99. The van der Waals surface area contributed by atoms with Gasteiger partial charge in [-0.05, 0) is 54.8 Å². The Bertz CT molecular complexity index is 1120. The van der Waals surface area contributed by atoms with Gasteiger partial charge < -0.3 is 4.74 Å². The minimum atomic E-state index is -3.74. The first-order valence-corrected chi connectivity index (χ1v) is 10.8. The minimum absolute atomic E-state index is 0.252. The van der Waals surface area contributed by atoms with Crippen LogP contribution < -0.4 is 9.04 Å². The fraction of sp³-hybridized carbons (Fsp3) is 0.217. The van der Waals surface area contributed by atoms with E-state index in [2.05, 4.69) is 19.1 Å². The van der Waals surface area contributed by atoms with Gasteiger partial charge in [-0.3, -0.25) is 4.31 Å². The van der Waals surface area contributed by atoms with E-state index in [0.29, 0.717) is 12.2 Å². The third-order valence-electron chi connectivity index (χ3n) is 5.29. The second-order valence-electron chi connectivity index (χ2n) is 7.01. The molecule has 0 radical (unpaired) electrons. The molecule has 1 heterocycles. The Labute approximate surface area is 166 Å². The van der Waals surface area contributed by atoms with Crippen LogP contribution in [0, 0.1) is 6.92 Å². The first-order valence-electron chi connectivity index (χ1n) is 9.35. The Hall–Kier alpha value is -2.79. The number of ether oxygens (including phenoxy) is 1. The SMILES string of the molecule is CCC1c2ccc(C)cc2-c2ccccc2N1S(=O)(=O)c1ccc(OC)cc1. The van der Waals surface area contributed by atoms with Crippen LogP contribution in [0.5, 0.6) is 5.75 Å². The van der Waals surface area contributed by atoms with Crippen molar-refractivity contribution >= 4 is 15.7 Å². The summed E-state index contributed by atoms with van der Waals surface area (Å²) < 4.78 is 34.1. The zero-order valence-corrected chi connectivity index (χ0v) is 17.0. The summed E-state index contributed by atoms with van der Waals surface area (Å²) in [5, 5.41) is 0. The van der Waals surface area contributed by atoms with Crippen LogP contribution in [0.1, 0.15) is 30.5 Å². The number of methoxy groups -OCH3 is 1. The highest BCUT2D eigenvalue weighted by Crippen LogP contribution is 2.48. The van der Waals surface area contributed by atoms with Crippen LogP contribution in [0.2, 0.25) is 0 Å². The van der Waals surface area contributed by atoms with Crippen LogP contribution in [0.3, 0.4) is 0 Å². The predicted octanol–water partition coefficient (Wildman–Crippen LogP) is 5.33. The molecule has 4 nitrogen and oxygen atoms in total. The van der Waals surface area contributed by atoms with Crippen molar-refractivity contribution in [2.24, 2.45) is 0 Å². The standard InChI is InChI=1S/C23H23NO3S/c1-4-22-20-14-9-16(2)15-21(20)19-7-5-6-8-23(19)24(22)28(25,26)18-12-10-17(27-3)11-13-18/h5-15,22H,4H2,1-3H3. The van der Waals surface area contributed by atoms with E-state index in [0.717, 1.165) is 27.9 Å². The van der Waals surface area contributed by atoms with E-state index in [4.69, 9.17) is 4.74 Å². The molecule has 0 spiro atoms. The highest BCUT2D eigenvalue weighted by atomic mass is 32.2. The highest BCUT2D eigenvalue weighted by Gasteiger charge is 2.38. The average molecular weight is 394 g/mol. The number of benzene rings is 3. The molecule has 28 heavy (non-hydrogen) atoms.